The summed E-state index contributed by atoms with van der Waals surface area (Å²) in [7, 11) is 0. The van der Waals surface area contributed by atoms with Crippen LogP contribution in [0, 0.1) is 0 Å². The normalized spacial score (nSPS) is 21.4. The number of carbonyl (C=O) groups is 1. The second-order valence-electron chi connectivity index (χ2n) is 2.10. The number of rotatable bonds is 1. The summed E-state index contributed by atoms with van der Waals surface area (Å²) in [6.07, 6.45) is 2.64. The Morgan fingerprint density at radius 1 is 1.80 bits per heavy atom. The van der Waals surface area contributed by atoms with E-state index >= 15 is 0 Å². The number of carbonyl (C=O) groups excluding carboxylic acids is 1. The molecule has 0 bridgehead atoms. The van der Waals surface area contributed by atoms with E-state index in [-0.39, 0.29) is 0 Å². The fourth-order valence-electron chi connectivity index (χ4n) is 0.950. The van der Waals surface area contributed by atoms with Crippen LogP contribution in [0.4, 0.5) is 0 Å². The van der Waals surface area contributed by atoms with E-state index in [1.165, 1.54) is 0 Å². The number of nitrogens with one attached hydrogen (secondary N) is 1. The largest absolute Gasteiger partial charge is 0.337 e. The maximum absolute atomic E-state index is 10.2. The summed E-state index contributed by atoms with van der Waals surface area (Å²) in [5.41, 5.74) is 0.645. The standard InChI is InChI=1S/C6H6N2OS/c9-2-5-1-8-4-10-3-6(8)7-5/h1-3,7H,4H2. The van der Waals surface area contributed by atoms with Crippen LogP contribution >= 0.6 is 11.8 Å². The van der Waals surface area contributed by atoms with Crippen molar-refractivity contribution in [3.05, 3.63) is 23.1 Å². The molecule has 0 fully saturated rings. The second kappa shape index (κ2) is 2.05. The van der Waals surface area contributed by atoms with Crippen molar-refractivity contribution in [3.8, 4) is 0 Å². The van der Waals surface area contributed by atoms with E-state index in [0.29, 0.717) is 5.70 Å². The summed E-state index contributed by atoms with van der Waals surface area (Å²) in [6, 6.07) is 0. The van der Waals surface area contributed by atoms with Crippen molar-refractivity contribution in [2.75, 3.05) is 5.88 Å². The third-order valence-electron chi connectivity index (χ3n) is 1.41. The van der Waals surface area contributed by atoms with Crippen molar-refractivity contribution in [2.45, 2.75) is 0 Å². The van der Waals surface area contributed by atoms with E-state index in [1.807, 2.05) is 16.5 Å². The van der Waals surface area contributed by atoms with E-state index < -0.39 is 0 Å². The Bertz CT molecular complexity index is 234. The maximum atomic E-state index is 10.2. The zero-order valence-electron chi connectivity index (χ0n) is 5.20. The molecule has 2 rings (SSSR count). The molecule has 0 unspecified atom stereocenters. The van der Waals surface area contributed by atoms with E-state index in [4.69, 9.17) is 0 Å². The summed E-state index contributed by atoms with van der Waals surface area (Å²) in [4.78, 5) is 12.3. The third kappa shape index (κ3) is 0.724. The lowest BCUT2D eigenvalue weighted by atomic mass is 10.5. The molecule has 0 saturated carbocycles. The van der Waals surface area contributed by atoms with Gasteiger partial charge in [-0.1, -0.05) is 0 Å². The summed E-state index contributed by atoms with van der Waals surface area (Å²) in [5, 5.41) is 4.97. The van der Waals surface area contributed by atoms with Gasteiger partial charge in [0.05, 0.1) is 11.6 Å². The Balaban J connectivity index is 2.23. The first-order valence-corrected chi connectivity index (χ1v) is 3.97. The molecule has 52 valence electrons. The highest BCUT2D eigenvalue weighted by Gasteiger charge is 2.20. The number of thioether (sulfide) groups is 1. The molecule has 0 aromatic rings. The van der Waals surface area contributed by atoms with Crippen LogP contribution in [-0.4, -0.2) is 17.1 Å². The van der Waals surface area contributed by atoms with Crippen LogP contribution in [0.15, 0.2) is 23.1 Å². The van der Waals surface area contributed by atoms with Crippen LogP contribution in [0.5, 0.6) is 0 Å². The molecule has 0 aliphatic carbocycles. The van der Waals surface area contributed by atoms with Gasteiger partial charge in [-0.05, 0) is 0 Å². The molecule has 2 aliphatic rings. The Morgan fingerprint density at radius 2 is 2.70 bits per heavy atom. The topological polar surface area (TPSA) is 32.3 Å². The lowest BCUT2D eigenvalue weighted by Crippen LogP contribution is -2.13. The second-order valence-corrected chi connectivity index (χ2v) is 2.92. The van der Waals surface area contributed by atoms with Crippen LogP contribution < -0.4 is 5.32 Å². The van der Waals surface area contributed by atoms with Gasteiger partial charge in [0.2, 0.25) is 0 Å². The first-order valence-electron chi connectivity index (χ1n) is 2.92. The highest BCUT2D eigenvalue weighted by molar-refractivity contribution is 8.02. The van der Waals surface area contributed by atoms with Crippen molar-refractivity contribution < 1.29 is 4.79 Å². The minimum atomic E-state index is 0.645. The molecule has 0 aromatic heterocycles. The third-order valence-corrected chi connectivity index (χ3v) is 2.23. The minimum absolute atomic E-state index is 0.645. The Morgan fingerprint density at radius 3 is 3.40 bits per heavy atom. The lowest BCUT2D eigenvalue weighted by molar-refractivity contribution is -0.105. The average Bonchev–Trinajstić information content (AvgIpc) is 2.42. The zero-order chi connectivity index (χ0) is 6.97. The van der Waals surface area contributed by atoms with Crippen molar-refractivity contribution in [1.29, 1.82) is 0 Å². The van der Waals surface area contributed by atoms with Crippen LogP contribution in [-0.2, 0) is 4.79 Å². The molecule has 0 radical (unpaired) electrons. The van der Waals surface area contributed by atoms with E-state index in [2.05, 4.69) is 5.32 Å². The molecule has 0 aromatic carbocycles. The van der Waals surface area contributed by atoms with Gasteiger partial charge >= 0.3 is 0 Å². The molecule has 10 heavy (non-hydrogen) atoms. The number of allylic oxidation sites excluding steroid dienone is 1. The number of hydrogen-bond donors (Lipinski definition) is 1. The highest BCUT2D eigenvalue weighted by Crippen LogP contribution is 2.25. The Kier molecular flexibility index (Phi) is 1.20. The van der Waals surface area contributed by atoms with Crippen LogP contribution in [0.2, 0.25) is 0 Å². The first kappa shape index (κ1) is 5.85. The molecule has 0 saturated heterocycles. The average molecular weight is 154 g/mol. The molecule has 0 spiro atoms. The van der Waals surface area contributed by atoms with Gasteiger partial charge < -0.3 is 10.2 Å². The molecule has 4 heteroatoms. The number of hydrogen-bond acceptors (Lipinski definition) is 4. The predicted molar refractivity (Wildman–Crippen MR) is 39.7 cm³/mol. The van der Waals surface area contributed by atoms with Crippen molar-refractivity contribution in [3.63, 3.8) is 0 Å². The molecular formula is C6H6N2OS. The fraction of sp³-hybridized carbons (Fsp3) is 0.167. The highest BCUT2D eigenvalue weighted by atomic mass is 32.2. The van der Waals surface area contributed by atoms with Gasteiger partial charge in [0.15, 0.2) is 6.29 Å². The first-order chi connectivity index (χ1) is 4.90. The van der Waals surface area contributed by atoms with Gasteiger partial charge in [-0.15, -0.1) is 11.8 Å². The molecule has 0 amide bonds. The number of nitrogens with zero attached hydrogens (tertiary/aromatic N) is 1. The van der Waals surface area contributed by atoms with Gasteiger partial charge in [0.25, 0.3) is 0 Å². The molecule has 0 atom stereocenters. The molecular weight excluding hydrogens is 148 g/mol. The predicted octanol–water partition coefficient (Wildman–Crippen LogP) is 0.435. The quantitative estimate of drug-likeness (QED) is 0.555. The van der Waals surface area contributed by atoms with Crippen LogP contribution in [0.25, 0.3) is 0 Å². The molecule has 3 nitrogen and oxygen atoms in total. The summed E-state index contributed by atoms with van der Waals surface area (Å²) < 4.78 is 0. The van der Waals surface area contributed by atoms with E-state index in [9.17, 15) is 4.79 Å². The Labute approximate surface area is 62.8 Å². The Hall–Kier alpha value is -0.900. The van der Waals surface area contributed by atoms with Gasteiger partial charge in [0.1, 0.15) is 5.82 Å². The van der Waals surface area contributed by atoms with Crippen molar-refractivity contribution >= 4 is 18.0 Å². The van der Waals surface area contributed by atoms with Gasteiger partial charge in [0, 0.05) is 11.6 Å². The van der Waals surface area contributed by atoms with E-state index in [1.54, 1.807) is 11.8 Å². The maximum Gasteiger partial charge on any atom is 0.167 e. The van der Waals surface area contributed by atoms with Gasteiger partial charge in [-0.3, -0.25) is 4.79 Å². The van der Waals surface area contributed by atoms with Crippen molar-refractivity contribution in [2.24, 2.45) is 0 Å². The smallest absolute Gasteiger partial charge is 0.167 e. The lowest BCUT2D eigenvalue weighted by Gasteiger charge is -2.06. The number of aldehydes is 1. The van der Waals surface area contributed by atoms with Gasteiger partial charge in [-0.25, -0.2) is 0 Å². The molecule has 1 N–H and O–H groups in total. The fourth-order valence-corrected chi connectivity index (χ4v) is 1.75. The van der Waals surface area contributed by atoms with E-state index in [0.717, 1.165) is 18.0 Å². The van der Waals surface area contributed by atoms with Gasteiger partial charge in [-0.2, -0.15) is 0 Å². The summed E-state index contributed by atoms with van der Waals surface area (Å²) >= 11 is 1.72. The zero-order valence-corrected chi connectivity index (χ0v) is 6.02. The molecule has 2 heterocycles. The summed E-state index contributed by atoms with van der Waals surface area (Å²) in [6.45, 7) is 0. The monoisotopic (exact) mass is 154 g/mol. The SMILES string of the molecule is O=CC1=CN2CSC=C2N1. The number of fused-ring (bicyclic) bond motifs is 1. The minimum Gasteiger partial charge on any atom is -0.337 e. The van der Waals surface area contributed by atoms with Crippen molar-refractivity contribution in [1.82, 2.24) is 10.2 Å². The molecule has 2 aliphatic heterocycles. The summed E-state index contributed by atoms with van der Waals surface area (Å²) in [5.74, 6) is 1.94. The van der Waals surface area contributed by atoms with Crippen LogP contribution in [0.1, 0.15) is 0 Å². The van der Waals surface area contributed by atoms with Crippen LogP contribution in [0.3, 0.4) is 0 Å².